The SMILES string of the molecule is Cc1nn(Cc2cccc(NC(=O)c3cc(C(F)(F)F)nn3C)c2)c(C)c1Br. The number of carbonyl (C=O) groups is 1. The fourth-order valence-electron chi connectivity index (χ4n) is 2.76. The molecule has 0 saturated carbocycles. The number of hydrogen-bond acceptors (Lipinski definition) is 3. The Labute approximate surface area is 167 Å². The van der Waals surface area contributed by atoms with Crippen molar-refractivity contribution in [2.24, 2.45) is 7.05 Å². The van der Waals surface area contributed by atoms with Crippen molar-refractivity contribution in [3.05, 3.63) is 63.1 Å². The number of benzene rings is 1. The molecule has 3 aromatic rings. The van der Waals surface area contributed by atoms with Crippen LogP contribution in [0.4, 0.5) is 18.9 Å². The van der Waals surface area contributed by atoms with Gasteiger partial charge < -0.3 is 5.32 Å². The van der Waals surface area contributed by atoms with Crippen molar-refractivity contribution >= 4 is 27.5 Å². The van der Waals surface area contributed by atoms with Gasteiger partial charge in [0.2, 0.25) is 0 Å². The van der Waals surface area contributed by atoms with Crippen molar-refractivity contribution in [2.45, 2.75) is 26.6 Å². The van der Waals surface area contributed by atoms with Crippen molar-refractivity contribution < 1.29 is 18.0 Å². The van der Waals surface area contributed by atoms with Gasteiger partial charge in [-0.3, -0.25) is 14.2 Å². The quantitative estimate of drug-likeness (QED) is 0.637. The largest absolute Gasteiger partial charge is 0.435 e. The lowest BCUT2D eigenvalue weighted by molar-refractivity contribution is -0.141. The van der Waals surface area contributed by atoms with Crippen LogP contribution in [0.2, 0.25) is 0 Å². The molecule has 6 nitrogen and oxygen atoms in total. The molecule has 148 valence electrons. The highest BCUT2D eigenvalue weighted by Gasteiger charge is 2.35. The van der Waals surface area contributed by atoms with Crippen LogP contribution in [0.25, 0.3) is 0 Å². The lowest BCUT2D eigenvalue weighted by Gasteiger charge is -2.09. The number of halogens is 4. The van der Waals surface area contributed by atoms with Gasteiger partial charge in [-0.05, 0) is 47.5 Å². The van der Waals surface area contributed by atoms with Crippen LogP contribution in [-0.2, 0) is 19.8 Å². The minimum Gasteiger partial charge on any atom is -0.321 e. The summed E-state index contributed by atoms with van der Waals surface area (Å²) in [5.41, 5.74) is 1.92. The fraction of sp³-hybridized carbons (Fsp3) is 0.278. The van der Waals surface area contributed by atoms with E-state index in [-0.39, 0.29) is 5.69 Å². The molecule has 0 aliphatic carbocycles. The average Bonchev–Trinajstić information content (AvgIpc) is 3.11. The first kappa shape index (κ1) is 20.1. The number of aryl methyl sites for hydroxylation is 2. The summed E-state index contributed by atoms with van der Waals surface area (Å²) in [6.45, 7) is 4.33. The molecule has 0 saturated heterocycles. The summed E-state index contributed by atoms with van der Waals surface area (Å²) in [5, 5.41) is 10.4. The first-order chi connectivity index (χ1) is 13.1. The molecule has 0 spiro atoms. The van der Waals surface area contributed by atoms with Crippen molar-refractivity contribution in [3.63, 3.8) is 0 Å². The van der Waals surface area contributed by atoms with Crippen LogP contribution in [-0.4, -0.2) is 25.5 Å². The average molecular weight is 456 g/mol. The van der Waals surface area contributed by atoms with Crippen molar-refractivity contribution in [1.29, 1.82) is 0 Å². The fourth-order valence-corrected chi connectivity index (χ4v) is 3.05. The van der Waals surface area contributed by atoms with Gasteiger partial charge in [0.15, 0.2) is 5.69 Å². The zero-order chi connectivity index (χ0) is 20.6. The minimum absolute atomic E-state index is 0.180. The Morgan fingerprint density at radius 1 is 1.21 bits per heavy atom. The van der Waals surface area contributed by atoms with Gasteiger partial charge in [0, 0.05) is 18.8 Å². The highest BCUT2D eigenvalue weighted by molar-refractivity contribution is 9.10. The lowest BCUT2D eigenvalue weighted by Crippen LogP contribution is -2.16. The van der Waals surface area contributed by atoms with Gasteiger partial charge in [-0.2, -0.15) is 23.4 Å². The van der Waals surface area contributed by atoms with Gasteiger partial charge in [0.1, 0.15) is 5.69 Å². The Hall–Kier alpha value is -2.62. The number of nitrogens with one attached hydrogen (secondary N) is 1. The molecule has 0 radical (unpaired) electrons. The van der Waals surface area contributed by atoms with Gasteiger partial charge in [-0.15, -0.1) is 0 Å². The van der Waals surface area contributed by atoms with E-state index in [1.54, 1.807) is 18.2 Å². The molecule has 1 aromatic carbocycles. The molecule has 1 N–H and O–H groups in total. The molecule has 0 bridgehead atoms. The topological polar surface area (TPSA) is 64.7 Å². The monoisotopic (exact) mass is 455 g/mol. The molecule has 0 unspecified atom stereocenters. The number of alkyl halides is 3. The summed E-state index contributed by atoms with van der Waals surface area (Å²) >= 11 is 3.48. The predicted octanol–water partition coefficient (Wildman–Crippen LogP) is 4.32. The second-order valence-electron chi connectivity index (χ2n) is 6.33. The van der Waals surface area contributed by atoms with E-state index < -0.39 is 17.8 Å². The minimum atomic E-state index is -4.61. The Bertz CT molecular complexity index is 1040. The number of nitrogens with zero attached hydrogens (tertiary/aromatic N) is 4. The molecule has 2 aromatic heterocycles. The molecule has 3 rings (SSSR count). The summed E-state index contributed by atoms with van der Waals surface area (Å²) in [7, 11) is 1.29. The van der Waals surface area contributed by atoms with E-state index in [4.69, 9.17) is 0 Å². The van der Waals surface area contributed by atoms with Crippen LogP contribution in [0, 0.1) is 13.8 Å². The van der Waals surface area contributed by atoms with E-state index in [1.165, 1.54) is 7.05 Å². The van der Waals surface area contributed by atoms with Crippen LogP contribution in [0.15, 0.2) is 34.8 Å². The van der Waals surface area contributed by atoms with Crippen molar-refractivity contribution in [2.75, 3.05) is 5.32 Å². The van der Waals surface area contributed by atoms with Gasteiger partial charge in [0.25, 0.3) is 5.91 Å². The highest BCUT2D eigenvalue weighted by atomic mass is 79.9. The second-order valence-corrected chi connectivity index (χ2v) is 7.13. The standard InChI is InChI=1S/C18H17BrF3N5O/c1-10-16(19)11(2)27(24-10)9-12-5-4-6-13(7-12)23-17(28)14-8-15(18(20,21)22)25-26(14)3/h4-8H,9H2,1-3H3,(H,23,28). The smallest absolute Gasteiger partial charge is 0.321 e. The molecule has 10 heteroatoms. The summed E-state index contributed by atoms with van der Waals surface area (Å²) < 4.78 is 42.0. The van der Waals surface area contributed by atoms with Crippen molar-refractivity contribution in [3.8, 4) is 0 Å². The maximum Gasteiger partial charge on any atom is 0.435 e. The number of carbonyl (C=O) groups excluding carboxylic acids is 1. The molecule has 28 heavy (non-hydrogen) atoms. The van der Waals surface area contributed by atoms with Crippen LogP contribution in [0.1, 0.15) is 33.1 Å². The zero-order valence-electron chi connectivity index (χ0n) is 15.3. The molecular weight excluding hydrogens is 439 g/mol. The second kappa shape index (κ2) is 7.42. The van der Waals surface area contributed by atoms with Gasteiger partial charge in [-0.25, -0.2) is 0 Å². The van der Waals surface area contributed by atoms with Crippen LogP contribution in [0.5, 0.6) is 0 Å². The normalized spacial score (nSPS) is 11.7. The van der Waals surface area contributed by atoms with E-state index in [9.17, 15) is 18.0 Å². The maximum atomic E-state index is 12.8. The molecule has 0 aliphatic heterocycles. The van der Waals surface area contributed by atoms with Gasteiger partial charge in [0.05, 0.1) is 22.4 Å². The number of hydrogen-bond donors (Lipinski definition) is 1. The van der Waals surface area contributed by atoms with E-state index in [0.717, 1.165) is 32.2 Å². The molecule has 0 aliphatic rings. The molecule has 1 amide bonds. The van der Waals surface area contributed by atoms with E-state index in [2.05, 4.69) is 31.4 Å². The molecule has 2 heterocycles. The third-order valence-electron chi connectivity index (χ3n) is 4.21. The maximum absolute atomic E-state index is 12.8. The summed E-state index contributed by atoms with van der Waals surface area (Å²) in [5.74, 6) is -0.670. The van der Waals surface area contributed by atoms with E-state index >= 15 is 0 Å². The first-order valence-corrected chi connectivity index (χ1v) is 9.06. The van der Waals surface area contributed by atoms with Gasteiger partial charge in [-0.1, -0.05) is 12.1 Å². The summed E-state index contributed by atoms with van der Waals surface area (Å²) in [4.78, 5) is 12.4. The van der Waals surface area contributed by atoms with E-state index in [0.29, 0.717) is 12.2 Å². The first-order valence-electron chi connectivity index (χ1n) is 8.27. The number of anilines is 1. The zero-order valence-corrected chi connectivity index (χ0v) is 16.9. The Kier molecular flexibility index (Phi) is 5.33. The van der Waals surface area contributed by atoms with E-state index in [1.807, 2.05) is 24.6 Å². The Morgan fingerprint density at radius 2 is 1.93 bits per heavy atom. The van der Waals surface area contributed by atoms with Crippen molar-refractivity contribution in [1.82, 2.24) is 19.6 Å². The summed E-state index contributed by atoms with van der Waals surface area (Å²) in [6.07, 6.45) is -4.61. The molecule has 0 atom stereocenters. The Balaban J connectivity index is 1.78. The lowest BCUT2D eigenvalue weighted by atomic mass is 10.2. The predicted molar refractivity (Wildman–Crippen MR) is 101 cm³/mol. The number of aromatic nitrogens is 4. The number of amides is 1. The Morgan fingerprint density at radius 3 is 2.50 bits per heavy atom. The van der Waals surface area contributed by atoms with Crippen LogP contribution in [0.3, 0.4) is 0 Å². The summed E-state index contributed by atoms with van der Waals surface area (Å²) in [6, 6.07) is 7.79. The molecule has 0 fully saturated rings. The van der Waals surface area contributed by atoms with Crippen LogP contribution < -0.4 is 5.32 Å². The third-order valence-corrected chi connectivity index (χ3v) is 5.36. The van der Waals surface area contributed by atoms with Crippen LogP contribution >= 0.6 is 15.9 Å². The number of rotatable bonds is 4. The molecular formula is C18H17BrF3N5O. The van der Waals surface area contributed by atoms with Gasteiger partial charge >= 0.3 is 6.18 Å². The highest BCUT2D eigenvalue weighted by Crippen LogP contribution is 2.28. The third kappa shape index (κ3) is 4.11.